The van der Waals surface area contributed by atoms with E-state index in [4.69, 9.17) is 5.73 Å². The molecule has 1 heteroatoms. The molecule has 1 spiro atoms. The Morgan fingerprint density at radius 1 is 1.23 bits per heavy atom. The molecule has 22 heavy (non-hydrogen) atoms. The van der Waals surface area contributed by atoms with Crippen LogP contribution in [0, 0.1) is 35.0 Å². The van der Waals surface area contributed by atoms with Crippen molar-refractivity contribution in [3.63, 3.8) is 0 Å². The highest BCUT2D eigenvalue weighted by Gasteiger charge is 2.65. The van der Waals surface area contributed by atoms with Crippen molar-refractivity contribution in [1.29, 1.82) is 0 Å². The van der Waals surface area contributed by atoms with Crippen LogP contribution in [0.2, 0.25) is 0 Å². The smallest absolute Gasteiger partial charge is 0.000947 e. The third-order valence-electron chi connectivity index (χ3n) is 6.93. The minimum absolute atomic E-state index is 0.508. The van der Waals surface area contributed by atoms with Gasteiger partial charge in [-0.25, -0.2) is 0 Å². The lowest BCUT2D eigenvalue weighted by atomic mass is 9.80. The Balaban J connectivity index is 1.62. The quantitative estimate of drug-likeness (QED) is 0.740. The summed E-state index contributed by atoms with van der Waals surface area (Å²) in [6.07, 6.45) is 22.2. The molecule has 0 aromatic heterocycles. The minimum atomic E-state index is 0.508. The first-order valence-electron chi connectivity index (χ1n) is 9.51. The van der Waals surface area contributed by atoms with E-state index in [2.05, 4.69) is 37.3 Å². The molecule has 0 bridgehead atoms. The summed E-state index contributed by atoms with van der Waals surface area (Å²) in [7, 11) is 0. The highest BCUT2D eigenvalue weighted by atomic mass is 14.7. The molecule has 0 aromatic carbocycles. The lowest BCUT2D eigenvalue weighted by molar-refractivity contribution is 0.372. The number of nitrogens with two attached hydrogens (primary N) is 1. The van der Waals surface area contributed by atoms with Crippen molar-refractivity contribution in [3.8, 4) is 0 Å². The number of hydrogen-bond acceptors (Lipinski definition) is 1. The second-order valence-corrected chi connectivity index (χ2v) is 8.29. The van der Waals surface area contributed by atoms with Crippen LogP contribution in [0.4, 0.5) is 0 Å². The molecule has 0 amide bonds. The monoisotopic (exact) mass is 297 g/mol. The van der Waals surface area contributed by atoms with Crippen molar-refractivity contribution >= 4 is 0 Å². The molecule has 6 atom stereocenters. The Kier molecular flexibility index (Phi) is 3.80. The molecule has 4 aliphatic carbocycles. The van der Waals surface area contributed by atoms with Gasteiger partial charge in [-0.05, 0) is 86.5 Å². The fourth-order valence-electron chi connectivity index (χ4n) is 5.65. The molecule has 4 aliphatic rings. The standard InChI is InChI=1S/C21H31N/c1-15-9-11-21(12-10-15)19(17-5-3-2-4-6-17)20(21)18-8-7-16(13-18)14-22/h3,5,9,11,13,15-17,19-20H,2,4,6-8,10,12,14,22H2,1H3. The van der Waals surface area contributed by atoms with Gasteiger partial charge in [0.2, 0.25) is 0 Å². The summed E-state index contributed by atoms with van der Waals surface area (Å²) in [4.78, 5) is 0. The molecule has 1 nitrogen and oxygen atoms in total. The van der Waals surface area contributed by atoms with Crippen LogP contribution in [0.25, 0.3) is 0 Å². The molecule has 0 radical (unpaired) electrons. The van der Waals surface area contributed by atoms with Crippen molar-refractivity contribution < 1.29 is 0 Å². The van der Waals surface area contributed by atoms with Crippen LogP contribution in [0.5, 0.6) is 0 Å². The van der Waals surface area contributed by atoms with Crippen LogP contribution >= 0.6 is 0 Å². The van der Waals surface area contributed by atoms with E-state index in [1.54, 1.807) is 5.57 Å². The van der Waals surface area contributed by atoms with Crippen LogP contribution in [0.3, 0.4) is 0 Å². The van der Waals surface area contributed by atoms with Gasteiger partial charge in [0.25, 0.3) is 0 Å². The van der Waals surface area contributed by atoms with Gasteiger partial charge in [0.15, 0.2) is 0 Å². The SMILES string of the molecule is CC1C=CC2(CC1)C(C1=CC(CN)CC1)C2C1C=CCCC1. The van der Waals surface area contributed by atoms with E-state index in [0.717, 1.165) is 30.2 Å². The predicted molar refractivity (Wildman–Crippen MR) is 93.3 cm³/mol. The van der Waals surface area contributed by atoms with Gasteiger partial charge in [0, 0.05) is 0 Å². The van der Waals surface area contributed by atoms with Crippen LogP contribution in [0.1, 0.15) is 51.9 Å². The second-order valence-electron chi connectivity index (χ2n) is 8.29. The number of allylic oxidation sites excluding steroid dienone is 5. The van der Waals surface area contributed by atoms with Gasteiger partial charge >= 0.3 is 0 Å². The Morgan fingerprint density at radius 2 is 2.14 bits per heavy atom. The lowest BCUT2D eigenvalue weighted by Crippen LogP contribution is -2.14. The lowest BCUT2D eigenvalue weighted by Gasteiger charge is -2.24. The topological polar surface area (TPSA) is 26.0 Å². The summed E-state index contributed by atoms with van der Waals surface area (Å²) < 4.78 is 0. The molecule has 0 saturated heterocycles. The van der Waals surface area contributed by atoms with Crippen LogP contribution in [-0.4, -0.2) is 6.54 Å². The number of hydrogen-bond donors (Lipinski definition) is 1. The van der Waals surface area contributed by atoms with Crippen LogP contribution in [-0.2, 0) is 0 Å². The maximum atomic E-state index is 5.91. The molecule has 0 aliphatic heterocycles. The maximum Gasteiger partial charge on any atom is -0.000947 e. The summed E-state index contributed by atoms with van der Waals surface area (Å²) in [5, 5.41) is 0. The first-order chi connectivity index (χ1) is 10.7. The third kappa shape index (κ3) is 2.33. The molecule has 6 unspecified atom stereocenters. The Labute approximate surface area is 135 Å². The summed E-state index contributed by atoms with van der Waals surface area (Å²) in [5.74, 6) is 3.98. The first kappa shape index (κ1) is 14.8. The van der Waals surface area contributed by atoms with Crippen molar-refractivity contribution in [2.24, 2.45) is 40.7 Å². The van der Waals surface area contributed by atoms with Gasteiger partial charge in [-0.1, -0.05) is 42.9 Å². The Bertz CT molecular complexity index is 514. The summed E-state index contributed by atoms with van der Waals surface area (Å²) >= 11 is 0. The third-order valence-corrected chi connectivity index (χ3v) is 6.93. The first-order valence-corrected chi connectivity index (χ1v) is 9.51. The van der Waals surface area contributed by atoms with Crippen molar-refractivity contribution in [1.82, 2.24) is 0 Å². The zero-order valence-corrected chi connectivity index (χ0v) is 14.0. The van der Waals surface area contributed by atoms with E-state index in [1.165, 1.54) is 44.9 Å². The molecule has 0 aromatic rings. The zero-order valence-electron chi connectivity index (χ0n) is 14.0. The van der Waals surface area contributed by atoms with Crippen molar-refractivity contribution in [3.05, 3.63) is 36.0 Å². The Morgan fingerprint density at radius 3 is 2.77 bits per heavy atom. The van der Waals surface area contributed by atoms with Crippen LogP contribution in [0.15, 0.2) is 36.0 Å². The summed E-state index contributed by atoms with van der Waals surface area (Å²) in [5.41, 5.74) is 8.18. The average Bonchev–Trinajstić information content (AvgIpc) is 2.95. The summed E-state index contributed by atoms with van der Waals surface area (Å²) in [6, 6.07) is 0. The van der Waals surface area contributed by atoms with Gasteiger partial charge in [-0.15, -0.1) is 0 Å². The maximum absolute atomic E-state index is 5.91. The zero-order chi connectivity index (χ0) is 15.2. The largest absolute Gasteiger partial charge is 0.330 e. The van der Waals surface area contributed by atoms with Crippen LogP contribution < -0.4 is 5.73 Å². The highest BCUT2D eigenvalue weighted by Crippen LogP contribution is 2.71. The van der Waals surface area contributed by atoms with Gasteiger partial charge in [-0.2, -0.15) is 0 Å². The average molecular weight is 297 g/mol. The molecule has 2 N–H and O–H groups in total. The minimum Gasteiger partial charge on any atom is -0.330 e. The number of rotatable bonds is 3. The fraction of sp³-hybridized carbons (Fsp3) is 0.714. The second kappa shape index (κ2) is 5.67. The van der Waals surface area contributed by atoms with Gasteiger partial charge in [-0.3, -0.25) is 0 Å². The molecular formula is C21H31N. The molecule has 1 fully saturated rings. The van der Waals surface area contributed by atoms with E-state index in [0.29, 0.717) is 11.3 Å². The van der Waals surface area contributed by atoms with E-state index in [-0.39, 0.29) is 0 Å². The van der Waals surface area contributed by atoms with E-state index in [9.17, 15) is 0 Å². The molecule has 1 saturated carbocycles. The Hall–Kier alpha value is -0.820. The molecule has 120 valence electrons. The van der Waals surface area contributed by atoms with E-state index < -0.39 is 0 Å². The highest BCUT2D eigenvalue weighted by molar-refractivity contribution is 5.36. The van der Waals surface area contributed by atoms with E-state index >= 15 is 0 Å². The van der Waals surface area contributed by atoms with Gasteiger partial charge in [0.05, 0.1) is 0 Å². The fourth-order valence-corrected chi connectivity index (χ4v) is 5.65. The van der Waals surface area contributed by atoms with Crippen molar-refractivity contribution in [2.75, 3.05) is 6.54 Å². The normalized spacial score (nSPS) is 47.0. The van der Waals surface area contributed by atoms with Gasteiger partial charge in [0.1, 0.15) is 0 Å². The predicted octanol–water partition coefficient (Wildman–Crippen LogP) is 4.86. The molecule has 4 rings (SSSR count). The molecular weight excluding hydrogens is 266 g/mol. The summed E-state index contributed by atoms with van der Waals surface area (Å²) in [6.45, 7) is 3.21. The van der Waals surface area contributed by atoms with E-state index in [1.807, 2.05) is 0 Å². The van der Waals surface area contributed by atoms with Gasteiger partial charge < -0.3 is 5.73 Å². The van der Waals surface area contributed by atoms with Crippen molar-refractivity contribution in [2.45, 2.75) is 51.9 Å². The molecule has 0 heterocycles.